The Bertz CT molecular complexity index is 11.6. The fraction of sp³-hybridized carbons (Fsp3) is 0. The Morgan fingerprint density at radius 1 is 1.00 bits per heavy atom. The first-order chi connectivity index (χ1) is 0. The van der Waals surface area contributed by atoms with Gasteiger partial charge >= 0.3 is 136 Å². The molecule has 0 spiro atoms. The Labute approximate surface area is 133 Å². The molecular weight excluding hydrogens is 408 g/mol. The molecule has 0 aliphatic heterocycles. The molecule has 0 aromatic carbocycles. The molecule has 0 aliphatic carbocycles. The summed E-state index contributed by atoms with van der Waals surface area (Å²) in [5.74, 6) is 0. The van der Waals surface area contributed by atoms with Crippen molar-refractivity contribution in [1.82, 2.24) is 0 Å². The van der Waals surface area contributed by atoms with E-state index < -0.39 is 0 Å². The largest absolute Gasteiger partial charge is 4.00 e. The van der Waals surface area contributed by atoms with Gasteiger partial charge < -0.3 is 0 Å². The molecule has 0 fully saturated rings. The van der Waals surface area contributed by atoms with Crippen LogP contribution in [0.2, 0.25) is 0 Å². The van der Waals surface area contributed by atoms with Gasteiger partial charge in [-0.2, -0.15) is 0 Å². The smallest absolute Gasteiger partial charge is 1.00 e. The van der Waals surface area contributed by atoms with Crippen LogP contribution in [0.15, 0.2) is 0 Å². The van der Waals surface area contributed by atoms with E-state index in [1.54, 1.807) is 0 Å². The predicted octanol–water partition coefficient (Wildman–Crippen LogP) is -3.76. The summed E-state index contributed by atoms with van der Waals surface area (Å²) >= 11 is 0. The molecule has 0 aromatic heterocycles. The molecule has 0 nitrogen and oxygen atoms in total. The minimum Gasteiger partial charge on any atom is 1.00 e. The molecule has 0 N–H and O–H groups in total. The first-order valence-electron chi connectivity index (χ1n) is 0. The van der Waals surface area contributed by atoms with Crippen molar-refractivity contribution in [2.45, 2.75) is 0 Å². The quantitative estimate of drug-likeness (QED) is 0.362. The van der Waals surface area contributed by atoms with E-state index in [1.807, 2.05) is 0 Å². The van der Waals surface area contributed by atoms with Crippen LogP contribution >= 0.6 is 0 Å². The molecule has 0 atom stereocenters. The van der Waals surface area contributed by atoms with E-state index in [4.69, 9.17) is 0 Å². The average Bonchev–Trinajstić information content (AvgIpc) is 0. The molecule has 4 valence electrons. The van der Waals surface area contributed by atoms with Crippen LogP contribution in [0.5, 0.6) is 0 Å². The van der Waals surface area contributed by atoms with Gasteiger partial charge in [0, 0.05) is 0 Å². The van der Waals surface area contributed by atoms with E-state index in [9.17, 15) is 0 Å². The van der Waals surface area contributed by atoms with Crippen molar-refractivity contribution in [1.29, 1.82) is 0 Å². The van der Waals surface area contributed by atoms with Gasteiger partial charge in [0.25, 0.3) is 0 Å². The second kappa shape index (κ2) is 23.6. The van der Waals surface area contributed by atoms with Crippen LogP contribution in [-0.4, -0.2) is 63.6 Å². The molecule has 0 heterocycles. The van der Waals surface area contributed by atoms with E-state index >= 15 is 0 Å². The van der Waals surface area contributed by atoms with Crippen LogP contribution in [0.3, 0.4) is 0 Å². The van der Waals surface area contributed by atoms with Crippen LogP contribution in [0.4, 0.5) is 0 Å². The van der Waals surface area contributed by atoms with Crippen molar-refractivity contribution in [3.05, 3.63) is 0 Å². The van der Waals surface area contributed by atoms with Gasteiger partial charge in [0.05, 0.1) is 0 Å². The summed E-state index contributed by atoms with van der Waals surface area (Å²) < 4.78 is 0. The summed E-state index contributed by atoms with van der Waals surface area (Å²) in [5.41, 5.74) is 0. The number of hydrogen-bond acceptors (Lipinski definition) is 0. The van der Waals surface area contributed by atoms with Crippen molar-refractivity contribution < 1.29 is 72.8 Å². The van der Waals surface area contributed by atoms with Crippen molar-refractivity contribution >= 4 is 63.6 Å². The maximum absolute atomic E-state index is 0. The standard InChI is InChI=1S/Ca.Cr.Hf.In.Na/q2*+2;+4;+3;+1. The van der Waals surface area contributed by atoms with Gasteiger partial charge in [-0.25, -0.2) is 0 Å². The van der Waals surface area contributed by atoms with Crippen molar-refractivity contribution in [3.8, 4) is 0 Å². The van der Waals surface area contributed by atoms with Crippen molar-refractivity contribution in [2.75, 3.05) is 0 Å². The Morgan fingerprint density at radius 3 is 1.00 bits per heavy atom. The molecule has 0 bridgehead atoms. The minimum atomic E-state index is 0. The van der Waals surface area contributed by atoms with Crippen LogP contribution in [-0.2, 0) is 43.2 Å². The van der Waals surface area contributed by atoms with Gasteiger partial charge in [-0.1, -0.05) is 0 Å². The van der Waals surface area contributed by atoms with E-state index in [1.165, 1.54) is 0 Å². The summed E-state index contributed by atoms with van der Waals surface area (Å²) in [6.07, 6.45) is 0. The van der Waals surface area contributed by atoms with E-state index in [2.05, 4.69) is 0 Å². The van der Waals surface area contributed by atoms with Gasteiger partial charge in [-0.3, -0.25) is 0 Å². The van der Waals surface area contributed by atoms with Gasteiger partial charge in [-0.05, 0) is 0 Å². The van der Waals surface area contributed by atoms with Gasteiger partial charge in [0.1, 0.15) is 0 Å². The van der Waals surface area contributed by atoms with Crippen LogP contribution in [0.25, 0.3) is 0 Å². The fourth-order valence-electron chi connectivity index (χ4n) is 0. The molecule has 5 heavy (non-hydrogen) atoms. The first-order valence-corrected chi connectivity index (χ1v) is 0. The van der Waals surface area contributed by atoms with E-state index in [0.717, 1.165) is 0 Å². The number of hydrogen-bond donors (Lipinski definition) is 0. The second-order valence-electron chi connectivity index (χ2n) is 0. The third kappa shape index (κ3) is 17.7. The summed E-state index contributed by atoms with van der Waals surface area (Å²) in [6, 6.07) is 0. The Kier molecular flexibility index (Phi) is 159. The molecule has 0 saturated carbocycles. The molecular formula is CaCrHfInNa+12. The predicted molar refractivity (Wildman–Crippen MR) is 11.5 cm³/mol. The Hall–Kier alpha value is 4.53. The Balaban J connectivity index is 0. The SMILES string of the molecule is [Ca+2].[Cr+2].[Hf+4].[In+3].[Na+]. The molecule has 0 aliphatic rings. The summed E-state index contributed by atoms with van der Waals surface area (Å²) in [7, 11) is 0. The van der Waals surface area contributed by atoms with Crippen LogP contribution in [0, 0.1) is 0 Å². The first kappa shape index (κ1) is 33.8. The molecule has 0 aromatic rings. The average molecular weight is 408 g/mol. The zero-order valence-corrected chi connectivity index (χ0v) is 15.6. The van der Waals surface area contributed by atoms with Crippen LogP contribution < -0.4 is 29.6 Å². The van der Waals surface area contributed by atoms with Crippen LogP contribution in [0.1, 0.15) is 0 Å². The maximum Gasteiger partial charge on any atom is 4.00 e. The summed E-state index contributed by atoms with van der Waals surface area (Å²) in [6.45, 7) is 0. The van der Waals surface area contributed by atoms with E-state index in [-0.39, 0.29) is 136 Å². The Morgan fingerprint density at radius 2 is 1.00 bits per heavy atom. The molecule has 0 saturated heterocycles. The summed E-state index contributed by atoms with van der Waals surface area (Å²) in [4.78, 5) is 0. The zero-order valence-electron chi connectivity index (χ0n) is 3.19. The second-order valence-corrected chi connectivity index (χ2v) is 0. The third-order valence-corrected chi connectivity index (χ3v) is 0. The van der Waals surface area contributed by atoms with E-state index in [0.29, 0.717) is 0 Å². The minimum absolute atomic E-state index is 0. The summed E-state index contributed by atoms with van der Waals surface area (Å²) in [5, 5.41) is 0. The molecule has 0 unspecified atom stereocenters. The maximum atomic E-state index is 0. The van der Waals surface area contributed by atoms with Crippen molar-refractivity contribution in [2.24, 2.45) is 0 Å². The topological polar surface area (TPSA) is 0 Å². The van der Waals surface area contributed by atoms with Gasteiger partial charge in [-0.15, -0.1) is 0 Å². The zero-order chi connectivity index (χ0) is 0. The normalized spacial score (nSPS) is 0. The fourth-order valence-corrected chi connectivity index (χ4v) is 0. The number of rotatable bonds is 0. The third-order valence-electron chi connectivity index (χ3n) is 0. The molecule has 0 rings (SSSR count). The molecule has 5 heteroatoms. The van der Waals surface area contributed by atoms with Gasteiger partial charge in [0.15, 0.2) is 0 Å². The molecule has 0 radical (unpaired) electrons. The van der Waals surface area contributed by atoms with Crippen molar-refractivity contribution in [3.63, 3.8) is 0 Å². The van der Waals surface area contributed by atoms with Gasteiger partial charge in [0.2, 0.25) is 0 Å². The monoisotopic (exact) mass is 410 g/mol. The molecule has 0 amide bonds.